The van der Waals surface area contributed by atoms with E-state index in [2.05, 4.69) is 4.98 Å². The van der Waals surface area contributed by atoms with E-state index in [1.54, 1.807) is 16.8 Å². The predicted octanol–water partition coefficient (Wildman–Crippen LogP) is 2.81. The van der Waals surface area contributed by atoms with E-state index < -0.39 is 11.1 Å². The highest BCUT2D eigenvalue weighted by atomic mass is 32.2. The van der Waals surface area contributed by atoms with Crippen LogP contribution in [0.2, 0.25) is 0 Å². The van der Waals surface area contributed by atoms with Crippen LogP contribution >= 0.6 is 11.3 Å². The van der Waals surface area contributed by atoms with Gasteiger partial charge in [0.1, 0.15) is 0 Å². The molecule has 17 heavy (non-hydrogen) atoms. The molecule has 0 bridgehead atoms. The van der Waals surface area contributed by atoms with Crippen molar-refractivity contribution in [3.63, 3.8) is 0 Å². The molecule has 5 heteroatoms. The topological polar surface area (TPSA) is 53.0 Å². The van der Waals surface area contributed by atoms with Gasteiger partial charge in [0.2, 0.25) is 0 Å². The molecular formula is C12H12NO2S2-. The molecule has 2 aromatic rings. The van der Waals surface area contributed by atoms with Crippen molar-refractivity contribution >= 4 is 22.4 Å². The Hall–Kier alpha value is -1.04. The predicted molar refractivity (Wildman–Crippen MR) is 69.6 cm³/mol. The van der Waals surface area contributed by atoms with Crippen molar-refractivity contribution in [2.75, 3.05) is 0 Å². The SMILES string of the molecule is Cc1cc(CS(=O)[O-])cc(C)c1-c1cscn1. The van der Waals surface area contributed by atoms with Crippen LogP contribution < -0.4 is 0 Å². The van der Waals surface area contributed by atoms with Crippen LogP contribution in [-0.4, -0.2) is 13.7 Å². The first-order valence-electron chi connectivity index (χ1n) is 5.12. The molecule has 3 nitrogen and oxygen atoms in total. The van der Waals surface area contributed by atoms with Gasteiger partial charge in [-0.2, -0.15) is 0 Å². The zero-order valence-corrected chi connectivity index (χ0v) is 11.2. The molecule has 90 valence electrons. The van der Waals surface area contributed by atoms with E-state index in [-0.39, 0.29) is 5.75 Å². The lowest BCUT2D eigenvalue weighted by molar-refractivity contribution is 0.536. The van der Waals surface area contributed by atoms with Crippen molar-refractivity contribution in [1.82, 2.24) is 4.98 Å². The van der Waals surface area contributed by atoms with Gasteiger partial charge < -0.3 is 4.55 Å². The summed E-state index contributed by atoms with van der Waals surface area (Å²) in [6.45, 7) is 3.97. The van der Waals surface area contributed by atoms with Gasteiger partial charge in [0.25, 0.3) is 0 Å². The van der Waals surface area contributed by atoms with E-state index in [0.717, 1.165) is 27.9 Å². The molecule has 0 aliphatic carbocycles. The first-order valence-corrected chi connectivity index (χ1v) is 7.31. The van der Waals surface area contributed by atoms with Crippen LogP contribution in [0.25, 0.3) is 11.3 Å². The Kier molecular flexibility index (Phi) is 3.71. The average Bonchev–Trinajstić information content (AvgIpc) is 2.68. The standard InChI is InChI=1S/C12H13NO2S2/c1-8-3-10(6-17(14)15)4-9(2)12(8)11-5-16-7-13-11/h3-5,7H,6H2,1-2H3,(H,14,15)/p-1. The Bertz CT molecular complexity index is 527. The second-order valence-electron chi connectivity index (χ2n) is 3.93. The number of benzene rings is 1. The van der Waals surface area contributed by atoms with Gasteiger partial charge in [0, 0.05) is 16.7 Å². The van der Waals surface area contributed by atoms with Crippen molar-refractivity contribution in [2.45, 2.75) is 19.6 Å². The summed E-state index contributed by atoms with van der Waals surface area (Å²) < 4.78 is 21.4. The molecule has 0 fully saturated rings. The van der Waals surface area contributed by atoms with Crippen LogP contribution in [0.15, 0.2) is 23.0 Å². The van der Waals surface area contributed by atoms with Gasteiger partial charge in [-0.1, -0.05) is 23.2 Å². The minimum Gasteiger partial charge on any atom is -0.772 e. The van der Waals surface area contributed by atoms with Gasteiger partial charge in [-0.05, 0) is 30.5 Å². The van der Waals surface area contributed by atoms with Crippen molar-refractivity contribution in [3.05, 3.63) is 39.7 Å². The molecule has 0 saturated heterocycles. The number of aryl methyl sites for hydroxylation is 2. The minimum atomic E-state index is -2.04. The lowest BCUT2D eigenvalue weighted by atomic mass is 9.98. The molecule has 1 unspecified atom stereocenters. The Labute approximate surface area is 107 Å². The molecule has 1 aromatic carbocycles. The monoisotopic (exact) mass is 266 g/mol. The maximum Gasteiger partial charge on any atom is 0.0816 e. The van der Waals surface area contributed by atoms with Gasteiger partial charge in [-0.25, -0.2) is 4.98 Å². The molecule has 0 saturated carbocycles. The molecule has 0 radical (unpaired) electrons. The van der Waals surface area contributed by atoms with Crippen molar-refractivity contribution < 1.29 is 8.76 Å². The van der Waals surface area contributed by atoms with E-state index in [4.69, 9.17) is 0 Å². The Balaban J connectivity index is 2.46. The molecule has 0 aliphatic rings. The Morgan fingerprint density at radius 3 is 2.47 bits per heavy atom. The molecule has 0 aliphatic heterocycles. The average molecular weight is 266 g/mol. The fourth-order valence-corrected chi connectivity index (χ4v) is 2.99. The number of rotatable bonds is 3. The second kappa shape index (κ2) is 5.08. The van der Waals surface area contributed by atoms with Crippen LogP contribution in [0, 0.1) is 13.8 Å². The third-order valence-electron chi connectivity index (χ3n) is 2.57. The summed E-state index contributed by atoms with van der Waals surface area (Å²) >= 11 is -0.483. The smallest absolute Gasteiger partial charge is 0.0816 e. The number of aromatic nitrogens is 1. The Morgan fingerprint density at radius 2 is 2.00 bits per heavy atom. The number of nitrogens with zero attached hydrogens (tertiary/aromatic N) is 1. The van der Waals surface area contributed by atoms with Crippen molar-refractivity contribution in [1.29, 1.82) is 0 Å². The lowest BCUT2D eigenvalue weighted by Gasteiger charge is -2.12. The summed E-state index contributed by atoms with van der Waals surface area (Å²) in [5, 5.41) is 2.00. The molecule has 2 rings (SSSR count). The maximum atomic E-state index is 10.7. The van der Waals surface area contributed by atoms with Crippen molar-refractivity contribution in [3.8, 4) is 11.3 Å². The third-order valence-corrected chi connectivity index (χ3v) is 3.72. The first kappa shape index (κ1) is 12.4. The fourth-order valence-electron chi connectivity index (χ4n) is 2.01. The van der Waals surface area contributed by atoms with Gasteiger partial charge in [-0.3, -0.25) is 4.21 Å². The molecule has 1 atom stereocenters. The summed E-state index contributed by atoms with van der Waals surface area (Å²) in [5.41, 5.74) is 6.82. The fraction of sp³-hybridized carbons (Fsp3) is 0.250. The van der Waals surface area contributed by atoms with Gasteiger partial charge in [-0.15, -0.1) is 11.3 Å². The largest absolute Gasteiger partial charge is 0.772 e. The van der Waals surface area contributed by atoms with E-state index in [0.29, 0.717) is 0 Å². The quantitative estimate of drug-likeness (QED) is 0.803. The second-order valence-corrected chi connectivity index (χ2v) is 5.54. The van der Waals surface area contributed by atoms with Crippen LogP contribution in [-0.2, 0) is 16.8 Å². The van der Waals surface area contributed by atoms with Crippen molar-refractivity contribution in [2.24, 2.45) is 0 Å². The van der Waals surface area contributed by atoms with Crippen LogP contribution in [0.5, 0.6) is 0 Å². The molecule has 1 aromatic heterocycles. The highest BCUT2D eigenvalue weighted by Crippen LogP contribution is 2.28. The summed E-state index contributed by atoms with van der Waals surface area (Å²) in [6, 6.07) is 3.83. The lowest BCUT2D eigenvalue weighted by Crippen LogP contribution is -1.97. The highest BCUT2D eigenvalue weighted by Gasteiger charge is 2.09. The minimum absolute atomic E-state index is 0.0685. The third kappa shape index (κ3) is 2.80. The van der Waals surface area contributed by atoms with Gasteiger partial charge in [0.05, 0.1) is 11.2 Å². The zero-order valence-electron chi connectivity index (χ0n) is 9.60. The van der Waals surface area contributed by atoms with Crippen LogP contribution in [0.3, 0.4) is 0 Å². The number of thiazole rings is 1. The highest BCUT2D eigenvalue weighted by molar-refractivity contribution is 7.78. The zero-order chi connectivity index (χ0) is 12.4. The van der Waals surface area contributed by atoms with E-state index in [1.807, 2.05) is 31.4 Å². The Morgan fingerprint density at radius 1 is 1.35 bits per heavy atom. The van der Waals surface area contributed by atoms with E-state index in [1.165, 1.54) is 0 Å². The van der Waals surface area contributed by atoms with Gasteiger partial charge >= 0.3 is 0 Å². The normalized spacial score (nSPS) is 12.6. The number of hydrogen-bond acceptors (Lipinski definition) is 4. The summed E-state index contributed by atoms with van der Waals surface area (Å²) in [5.74, 6) is 0.0685. The molecule has 0 amide bonds. The van der Waals surface area contributed by atoms with E-state index >= 15 is 0 Å². The number of hydrogen-bond donors (Lipinski definition) is 0. The van der Waals surface area contributed by atoms with Crippen LogP contribution in [0.1, 0.15) is 16.7 Å². The summed E-state index contributed by atoms with van der Waals surface area (Å²) in [4.78, 5) is 4.30. The molecular weight excluding hydrogens is 254 g/mol. The van der Waals surface area contributed by atoms with Crippen LogP contribution in [0.4, 0.5) is 0 Å². The van der Waals surface area contributed by atoms with Gasteiger partial charge in [0.15, 0.2) is 0 Å². The molecule has 0 N–H and O–H groups in total. The molecule has 1 heterocycles. The maximum absolute atomic E-state index is 10.7. The summed E-state index contributed by atoms with van der Waals surface area (Å²) in [7, 11) is 0. The molecule has 0 spiro atoms. The first-order chi connectivity index (χ1) is 8.08. The van der Waals surface area contributed by atoms with E-state index in [9.17, 15) is 8.76 Å². The summed E-state index contributed by atoms with van der Waals surface area (Å²) in [6.07, 6.45) is 0.